The first-order valence-corrected chi connectivity index (χ1v) is 13.2. The van der Waals surface area contributed by atoms with Gasteiger partial charge in [-0.05, 0) is 56.3 Å². The van der Waals surface area contributed by atoms with Gasteiger partial charge in [-0.15, -0.1) is 0 Å². The lowest BCUT2D eigenvalue weighted by Crippen LogP contribution is -2.38. The number of aryl methyl sites for hydroxylation is 2. The zero-order chi connectivity index (χ0) is 25.1. The normalized spacial score (nSPS) is 11.6. The van der Waals surface area contributed by atoms with Crippen LogP contribution in [0.1, 0.15) is 11.4 Å². The fourth-order valence-electron chi connectivity index (χ4n) is 3.03. The average molecular weight is 508 g/mol. The van der Waals surface area contributed by atoms with E-state index in [1.165, 1.54) is 42.5 Å². The van der Waals surface area contributed by atoms with E-state index in [1.807, 2.05) is 0 Å². The topological polar surface area (TPSA) is 138 Å². The lowest BCUT2D eigenvalue weighted by molar-refractivity contribution is -0.114. The molecule has 180 valence electrons. The number of nitrogens with one attached hydrogen (secondary N) is 2. The van der Waals surface area contributed by atoms with E-state index in [9.17, 15) is 26.0 Å². The van der Waals surface area contributed by atoms with Crippen LogP contribution in [0.25, 0.3) is 0 Å². The highest BCUT2D eigenvalue weighted by Gasteiger charge is 2.23. The summed E-state index contributed by atoms with van der Waals surface area (Å²) >= 11 is 0. The van der Waals surface area contributed by atoms with Gasteiger partial charge in [0.05, 0.1) is 16.8 Å². The summed E-state index contributed by atoms with van der Waals surface area (Å²) in [6, 6.07) is 12.1. The fraction of sp³-hybridized carbons (Fsp3) is 0.190. The van der Waals surface area contributed by atoms with Crippen molar-refractivity contribution in [2.24, 2.45) is 0 Å². The Bertz CT molecular complexity index is 1410. The molecule has 2 aromatic carbocycles. The number of hydrogen-bond donors (Lipinski definition) is 2. The third kappa shape index (κ3) is 6.26. The molecule has 1 amide bonds. The number of nitrogens with zero attached hydrogens (tertiary/aromatic N) is 3. The molecule has 0 saturated carbocycles. The second-order valence-electron chi connectivity index (χ2n) is 7.37. The van der Waals surface area contributed by atoms with E-state index in [-0.39, 0.29) is 22.2 Å². The Morgan fingerprint density at radius 1 is 0.971 bits per heavy atom. The van der Waals surface area contributed by atoms with Gasteiger partial charge >= 0.3 is 0 Å². The number of rotatable bonds is 8. The van der Waals surface area contributed by atoms with Crippen molar-refractivity contribution in [3.63, 3.8) is 0 Å². The monoisotopic (exact) mass is 507 g/mol. The van der Waals surface area contributed by atoms with Crippen LogP contribution in [0.15, 0.2) is 59.5 Å². The fourth-order valence-corrected chi connectivity index (χ4v) is 4.84. The van der Waals surface area contributed by atoms with E-state index in [1.54, 1.807) is 19.9 Å². The molecule has 2 N–H and O–H groups in total. The number of hydrogen-bond acceptors (Lipinski definition) is 7. The van der Waals surface area contributed by atoms with Crippen LogP contribution in [0.5, 0.6) is 0 Å². The molecule has 0 aliphatic rings. The number of sulfonamides is 2. The molecule has 0 atom stereocenters. The molecule has 3 aromatic rings. The molecular formula is C21H22FN5O5S2. The number of benzene rings is 2. The van der Waals surface area contributed by atoms with E-state index in [0.29, 0.717) is 15.7 Å². The summed E-state index contributed by atoms with van der Waals surface area (Å²) in [6.45, 7) is 2.74. The van der Waals surface area contributed by atoms with Crippen molar-refractivity contribution in [3.05, 3.63) is 71.8 Å². The van der Waals surface area contributed by atoms with Gasteiger partial charge in [-0.3, -0.25) is 9.10 Å². The van der Waals surface area contributed by atoms with Crippen LogP contribution >= 0.6 is 0 Å². The van der Waals surface area contributed by atoms with Crippen molar-refractivity contribution in [1.82, 2.24) is 9.97 Å². The maximum Gasteiger partial charge on any atom is 0.264 e. The summed E-state index contributed by atoms with van der Waals surface area (Å²) < 4.78 is 66.5. The van der Waals surface area contributed by atoms with Crippen molar-refractivity contribution in [1.29, 1.82) is 0 Å². The summed E-state index contributed by atoms with van der Waals surface area (Å²) in [4.78, 5) is 20.4. The molecule has 0 unspecified atom stereocenters. The smallest absolute Gasteiger partial charge is 0.264 e. The van der Waals surface area contributed by atoms with Gasteiger partial charge in [0, 0.05) is 17.1 Å². The van der Waals surface area contributed by atoms with Crippen molar-refractivity contribution < 1.29 is 26.0 Å². The van der Waals surface area contributed by atoms with E-state index >= 15 is 0 Å². The number of amides is 1. The van der Waals surface area contributed by atoms with Gasteiger partial charge in [-0.2, -0.15) is 0 Å². The number of carbonyl (C=O) groups excluding carboxylic acids is 1. The first kappa shape index (κ1) is 25.1. The lowest BCUT2D eigenvalue weighted by atomic mass is 10.3. The highest BCUT2D eigenvalue weighted by Crippen LogP contribution is 2.22. The second kappa shape index (κ2) is 9.73. The molecule has 0 aliphatic carbocycles. The van der Waals surface area contributed by atoms with Crippen LogP contribution in [0.2, 0.25) is 0 Å². The maximum atomic E-state index is 14.1. The van der Waals surface area contributed by atoms with E-state index in [4.69, 9.17) is 0 Å². The minimum atomic E-state index is -3.99. The highest BCUT2D eigenvalue weighted by atomic mass is 32.2. The summed E-state index contributed by atoms with van der Waals surface area (Å²) in [5, 5.41) is 2.47. The number of anilines is 3. The zero-order valence-corrected chi connectivity index (χ0v) is 20.1. The SMILES string of the molecule is Cc1cc(C)nc(NS(=O)(=O)c2ccc(NC(=O)CN(c3ccccc3F)S(C)(=O)=O)cc2)n1. The van der Waals surface area contributed by atoms with Crippen LogP contribution in [-0.4, -0.2) is 45.5 Å². The molecule has 0 spiro atoms. The lowest BCUT2D eigenvalue weighted by Gasteiger charge is -2.22. The summed E-state index contributed by atoms with van der Waals surface area (Å²) in [5.74, 6) is -1.61. The molecule has 3 rings (SSSR count). The van der Waals surface area contributed by atoms with Crippen LogP contribution in [0.4, 0.5) is 21.7 Å². The quantitative estimate of drug-likeness (QED) is 0.477. The molecule has 0 bridgehead atoms. The standard InChI is InChI=1S/C21H22FN5O5S2/c1-14-12-15(2)24-21(23-14)26-34(31,32)17-10-8-16(9-11-17)25-20(28)13-27(33(3,29)30)19-7-5-4-6-18(19)22/h4-12H,13H2,1-3H3,(H,25,28)(H,23,24,26). The van der Waals surface area contributed by atoms with Crippen LogP contribution < -0.4 is 14.3 Å². The first-order valence-electron chi connectivity index (χ1n) is 9.82. The summed E-state index contributed by atoms with van der Waals surface area (Å²) in [5.41, 5.74) is 1.15. The Morgan fingerprint density at radius 3 is 2.12 bits per heavy atom. The number of para-hydroxylation sites is 1. The van der Waals surface area contributed by atoms with Crippen LogP contribution in [-0.2, 0) is 24.8 Å². The van der Waals surface area contributed by atoms with Crippen LogP contribution in [0, 0.1) is 19.7 Å². The first-order chi connectivity index (χ1) is 15.8. The van der Waals surface area contributed by atoms with Crippen molar-refractivity contribution in [2.75, 3.05) is 27.1 Å². The minimum absolute atomic E-state index is 0.0658. The van der Waals surface area contributed by atoms with Gasteiger partial charge in [0.2, 0.25) is 21.9 Å². The van der Waals surface area contributed by atoms with E-state index < -0.39 is 38.3 Å². The largest absolute Gasteiger partial charge is 0.325 e. The molecule has 0 radical (unpaired) electrons. The van der Waals surface area contributed by atoms with Gasteiger partial charge in [0.25, 0.3) is 10.0 Å². The maximum absolute atomic E-state index is 14.1. The summed E-state index contributed by atoms with van der Waals surface area (Å²) in [7, 11) is -7.94. The van der Waals surface area contributed by atoms with Gasteiger partial charge in [0.1, 0.15) is 12.4 Å². The molecule has 13 heteroatoms. The van der Waals surface area contributed by atoms with Gasteiger partial charge in [0.15, 0.2) is 0 Å². The second-order valence-corrected chi connectivity index (χ2v) is 11.0. The Balaban J connectivity index is 1.73. The van der Waals surface area contributed by atoms with E-state index in [2.05, 4.69) is 20.0 Å². The molecule has 0 saturated heterocycles. The minimum Gasteiger partial charge on any atom is -0.325 e. The molecule has 1 aromatic heterocycles. The highest BCUT2D eigenvalue weighted by molar-refractivity contribution is 7.92. The van der Waals surface area contributed by atoms with Gasteiger partial charge in [-0.1, -0.05) is 12.1 Å². The van der Waals surface area contributed by atoms with Crippen molar-refractivity contribution in [2.45, 2.75) is 18.7 Å². The molecule has 34 heavy (non-hydrogen) atoms. The van der Waals surface area contributed by atoms with Crippen LogP contribution in [0.3, 0.4) is 0 Å². The van der Waals surface area contributed by atoms with Gasteiger partial charge < -0.3 is 5.32 Å². The number of aromatic nitrogens is 2. The Labute approximate surface area is 197 Å². The molecular weight excluding hydrogens is 485 g/mol. The van der Waals surface area contributed by atoms with E-state index in [0.717, 1.165) is 12.3 Å². The third-order valence-electron chi connectivity index (χ3n) is 4.46. The number of halogens is 1. The van der Waals surface area contributed by atoms with Gasteiger partial charge in [-0.25, -0.2) is 35.9 Å². The molecule has 0 fully saturated rings. The predicted molar refractivity (Wildman–Crippen MR) is 126 cm³/mol. The molecule has 10 nitrogen and oxygen atoms in total. The average Bonchev–Trinajstić information content (AvgIpc) is 2.71. The number of carbonyl (C=O) groups is 1. The predicted octanol–water partition coefficient (Wildman–Crippen LogP) is 2.44. The third-order valence-corrected chi connectivity index (χ3v) is 6.94. The Hall–Kier alpha value is -3.58. The van der Waals surface area contributed by atoms with Crippen molar-refractivity contribution in [3.8, 4) is 0 Å². The Morgan fingerprint density at radius 2 is 1.56 bits per heavy atom. The Kier molecular flexibility index (Phi) is 7.17. The zero-order valence-electron chi connectivity index (χ0n) is 18.5. The summed E-state index contributed by atoms with van der Waals surface area (Å²) in [6.07, 6.45) is 0.860. The van der Waals surface area contributed by atoms with Crippen molar-refractivity contribution >= 4 is 43.3 Å². The molecule has 0 aliphatic heterocycles. The molecule has 1 heterocycles.